The molecule has 0 aliphatic carbocycles. The number of aliphatic hydroxyl groups excluding tert-OH is 1. The van der Waals surface area contributed by atoms with Crippen molar-refractivity contribution in [1.82, 2.24) is 0 Å². The van der Waals surface area contributed by atoms with Crippen LogP contribution in [-0.2, 0) is 9.47 Å². The quantitative estimate of drug-likeness (QED) is 0.353. The van der Waals surface area contributed by atoms with E-state index in [2.05, 4.69) is 6.58 Å². The fourth-order valence-corrected chi connectivity index (χ4v) is 1.37. The maximum absolute atomic E-state index is 9.60. The van der Waals surface area contributed by atoms with Gasteiger partial charge in [-0.05, 0) is 19.3 Å². The second kappa shape index (κ2) is 9.19. The minimum atomic E-state index is -0.520. The van der Waals surface area contributed by atoms with Crippen molar-refractivity contribution >= 4 is 0 Å². The molecule has 0 aromatic rings. The minimum Gasteiger partial charge on any atom is -0.388 e. The molecule has 84 valence electrons. The molecule has 0 aromatic carbocycles. The van der Waals surface area contributed by atoms with Crippen molar-refractivity contribution in [1.29, 1.82) is 0 Å². The SMILES string of the molecule is C=CCCCCCC(O)C(OC)OC. The first-order chi connectivity index (χ1) is 6.76. The van der Waals surface area contributed by atoms with Crippen LogP contribution in [0, 0.1) is 0 Å². The molecule has 1 atom stereocenters. The van der Waals surface area contributed by atoms with Crippen molar-refractivity contribution in [3.8, 4) is 0 Å². The molecule has 0 radical (unpaired) electrons. The lowest BCUT2D eigenvalue weighted by Crippen LogP contribution is -2.29. The van der Waals surface area contributed by atoms with Crippen molar-refractivity contribution < 1.29 is 14.6 Å². The Balaban J connectivity index is 3.41. The number of methoxy groups -OCH3 is 2. The molecule has 0 aromatic heterocycles. The van der Waals surface area contributed by atoms with E-state index in [0.29, 0.717) is 0 Å². The van der Waals surface area contributed by atoms with Crippen LogP contribution in [0.15, 0.2) is 12.7 Å². The van der Waals surface area contributed by atoms with Gasteiger partial charge in [-0.25, -0.2) is 0 Å². The van der Waals surface area contributed by atoms with Crippen molar-refractivity contribution in [2.45, 2.75) is 44.5 Å². The van der Waals surface area contributed by atoms with E-state index in [1.165, 1.54) is 14.2 Å². The number of hydrogen-bond acceptors (Lipinski definition) is 3. The molecule has 0 fully saturated rings. The lowest BCUT2D eigenvalue weighted by Gasteiger charge is -2.19. The Bertz CT molecular complexity index is 132. The average molecular weight is 202 g/mol. The molecule has 1 unspecified atom stereocenters. The maximum Gasteiger partial charge on any atom is 0.182 e. The van der Waals surface area contributed by atoms with Gasteiger partial charge in [0.1, 0.15) is 6.10 Å². The Kier molecular flexibility index (Phi) is 8.94. The van der Waals surface area contributed by atoms with E-state index in [-0.39, 0.29) is 0 Å². The number of rotatable bonds is 9. The van der Waals surface area contributed by atoms with Crippen LogP contribution in [-0.4, -0.2) is 31.7 Å². The summed E-state index contributed by atoms with van der Waals surface area (Å²) in [5.74, 6) is 0. The largest absolute Gasteiger partial charge is 0.388 e. The van der Waals surface area contributed by atoms with Crippen LogP contribution in [0.3, 0.4) is 0 Å². The highest BCUT2D eigenvalue weighted by atomic mass is 16.7. The second-order valence-corrected chi connectivity index (χ2v) is 3.33. The van der Waals surface area contributed by atoms with E-state index in [4.69, 9.17) is 9.47 Å². The van der Waals surface area contributed by atoms with Crippen LogP contribution in [0.25, 0.3) is 0 Å². The van der Waals surface area contributed by atoms with E-state index >= 15 is 0 Å². The standard InChI is InChI=1S/C11H22O3/c1-4-5-6-7-8-9-10(12)11(13-2)14-3/h4,10-12H,1,5-9H2,2-3H3. The van der Waals surface area contributed by atoms with Gasteiger partial charge in [-0.2, -0.15) is 0 Å². The molecular weight excluding hydrogens is 180 g/mol. The van der Waals surface area contributed by atoms with Gasteiger partial charge >= 0.3 is 0 Å². The molecule has 14 heavy (non-hydrogen) atoms. The summed E-state index contributed by atoms with van der Waals surface area (Å²) in [6.07, 6.45) is 5.94. The highest BCUT2D eigenvalue weighted by Crippen LogP contribution is 2.10. The Morgan fingerprint density at radius 3 is 2.36 bits per heavy atom. The number of hydrogen-bond donors (Lipinski definition) is 1. The zero-order valence-corrected chi connectivity index (χ0v) is 9.24. The molecular formula is C11H22O3. The summed E-state index contributed by atoms with van der Waals surface area (Å²) in [6.45, 7) is 3.66. The van der Waals surface area contributed by atoms with Crippen LogP contribution < -0.4 is 0 Å². The summed E-state index contributed by atoms with van der Waals surface area (Å²) >= 11 is 0. The molecule has 0 saturated heterocycles. The van der Waals surface area contributed by atoms with E-state index in [9.17, 15) is 5.11 Å². The lowest BCUT2D eigenvalue weighted by atomic mass is 10.1. The molecule has 0 rings (SSSR count). The topological polar surface area (TPSA) is 38.7 Å². The van der Waals surface area contributed by atoms with Crippen molar-refractivity contribution in [2.24, 2.45) is 0 Å². The molecule has 3 heteroatoms. The third-order valence-corrected chi connectivity index (χ3v) is 2.19. The Hall–Kier alpha value is -0.380. The summed E-state index contributed by atoms with van der Waals surface area (Å²) in [5, 5.41) is 9.60. The Morgan fingerprint density at radius 2 is 1.86 bits per heavy atom. The first-order valence-electron chi connectivity index (χ1n) is 5.10. The van der Waals surface area contributed by atoms with Gasteiger partial charge in [0, 0.05) is 14.2 Å². The van der Waals surface area contributed by atoms with Crippen LogP contribution in [0.5, 0.6) is 0 Å². The van der Waals surface area contributed by atoms with E-state index in [0.717, 1.165) is 32.1 Å². The third-order valence-electron chi connectivity index (χ3n) is 2.19. The monoisotopic (exact) mass is 202 g/mol. The van der Waals surface area contributed by atoms with E-state index in [1.807, 2.05) is 6.08 Å². The molecule has 0 saturated carbocycles. The predicted octanol–water partition coefficient (Wildman–Crippen LogP) is 2.10. The van der Waals surface area contributed by atoms with Gasteiger partial charge in [0.15, 0.2) is 6.29 Å². The number of allylic oxidation sites excluding steroid dienone is 1. The summed E-state index contributed by atoms with van der Waals surface area (Å²) < 4.78 is 9.90. The maximum atomic E-state index is 9.60. The van der Waals surface area contributed by atoms with Gasteiger partial charge in [0.25, 0.3) is 0 Å². The average Bonchev–Trinajstić information content (AvgIpc) is 2.19. The van der Waals surface area contributed by atoms with Crippen molar-refractivity contribution in [3.63, 3.8) is 0 Å². The molecule has 0 aliphatic heterocycles. The normalized spacial score (nSPS) is 13.1. The Labute approximate surface area is 86.7 Å². The minimum absolute atomic E-state index is 0.491. The van der Waals surface area contributed by atoms with E-state index in [1.54, 1.807) is 0 Å². The fraction of sp³-hybridized carbons (Fsp3) is 0.818. The molecule has 0 amide bonds. The summed E-state index contributed by atoms with van der Waals surface area (Å²) in [6, 6.07) is 0. The van der Waals surface area contributed by atoms with Gasteiger partial charge < -0.3 is 14.6 Å². The van der Waals surface area contributed by atoms with Crippen LogP contribution >= 0.6 is 0 Å². The number of ether oxygens (including phenoxy) is 2. The molecule has 0 heterocycles. The predicted molar refractivity (Wildman–Crippen MR) is 57.1 cm³/mol. The molecule has 3 nitrogen and oxygen atoms in total. The van der Waals surface area contributed by atoms with Crippen molar-refractivity contribution in [2.75, 3.05) is 14.2 Å². The first kappa shape index (κ1) is 13.6. The second-order valence-electron chi connectivity index (χ2n) is 3.33. The molecule has 1 N–H and O–H groups in total. The Morgan fingerprint density at radius 1 is 1.21 bits per heavy atom. The van der Waals surface area contributed by atoms with Gasteiger partial charge in [0.05, 0.1) is 0 Å². The first-order valence-corrected chi connectivity index (χ1v) is 5.10. The highest BCUT2D eigenvalue weighted by Gasteiger charge is 2.16. The lowest BCUT2D eigenvalue weighted by molar-refractivity contribution is -0.165. The summed E-state index contributed by atoms with van der Waals surface area (Å²) in [5.41, 5.74) is 0. The molecule has 0 spiro atoms. The molecule has 0 bridgehead atoms. The number of aliphatic hydroxyl groups is 1. The third kappa shape index (κ3) is 6.13. The van der Waals surface area contributed by atoms with Gasteiger partial charge in [0.2, 0.25) is 0 Å². The zero-order valence-electron chi connectivity index (χ0n) is 9.24. The van der Waals surface area contributed by atoms with Gasteiger partial charge in [-0.1, -0.05) is 18.9 Å². The number of unbranched alkanes of at least 4 members (excludes halogenated alkanes) is 3. The molecule has 0 aliphatic rings. The van der Waals surface area contributed by atoms with Gasteiger partial charge in [-0.15, -0.1) is 6.58 Å². The summed E-state index contributed by atoms with van der Waals surface area (Å²) in [7, 11) is 3.07. The van der Waals surface area contributed by atoms with E-state index < -0.39 is 12.4 Å². The zero-order chi connectivity index (χ0) is 10.8. The smallest absolute Gasteiger partial charge is 0.182 e. The summed E-state index contributed by atoms with van der Waals surface area (Å²) in [4.78, 5) is 0. The fourth-order valence-electron chi connectivity index (χ4n) is 1.37. The van der Waals surface area contributed by atoms with Gasteiger partial charge in [-0.3, -0.25) is 0 Å². The van der Waals surface area contributed by atoms with Crippen LogP contribution in [0.4, 0.5) is 0 Å². The van der Waals surface area contributed by atoms with Crippen LogP contribution in [0.1, 0.15) is 32.1 Å². The van der Waals surface area contributed by atoms with Crippen LogP contribution in [0.2, 0.25) is 0 Å². The van der Waals surface area contributed by atoms with Crippen molar-refractivity contribution in [3.05, 3.63) is 12.7 Å². The highest BCUT2D eigenvalue weighted by molar-refractivity contribution is 4.66.